The first-order valence-electron chi connectivity index (χ1n) is 5.32. The predicted molar refractivity (Wildman–Crippen MR) is 72.0 cm³/mol. The molecule has 1 aliphatic rings. The summed E-state index contributed by atoms with van der Waals surface area (Å²) < 4.78 is 26.5. The fraction of sp³-hybridized carbons (Fsp3) is 0.455. The van der Waals surface area contributed by atoms with Crippen LogP contribution >= 0.6 is 23.4 Å². The zero-order valence-corrected chi connectivity index (χ0v) is 12.1. The molecule has 17 heavy (non-hydrogen) atoms. The lowest BCUT2D eigenvalue weighted by Crippen LogP contribution is -2.33. The number of thioether (sulfide) groups is 1. The average molecular weight is 292 g/mol. The monoisotopic (exact) mass is 291 g/mol. The van der Waals surface area contributed by atoms with E-state index < -0.39 is 10.0 Å². The molecule has 1 saturated heterocycles. The molecule has 0 N–H and O–H groups in total. The average Bonchev–Trinajstić information content (AvgIpc) is 2.68. The molecule has 1 aliphatic heterocycles. The first-order chi connectivity index (χ1) is 7.93. The van der Waals surface area contributed by atoms with Crippen LogP contribution in [-0.2, 0) is 10.0 Å². The Kier molecular flexibility index (Phi) is 3.73. The third kappa shape index (κ3) is 2.47. The molecule has 1 aromatic carbocycles. The molecule has 0 amide bonds. The van der Waals surface area contributed by atoms with Crippen LogP contribution in [0.3, 0.4) is 0 Å². The highest BCUT2D eigenvalue weighted by Gasteiger charge is 2.34. The summed E-state index contributed by atoms with van der Waals surface area (Å²) in [7, 11) is -3.41. The molecule has 0 aliphatic carbocycles. The highest BCUT2D eigenvalue weighted by atomic mass is 35.5. The Morgan fingerprint density at radius 1 is 1.47 bits per heavy atom. The van der Waals surface area contributed by atoms with Gasteiger partial charge in [0, 0.05) is 17.3 Å². The molecule has 0 saturated carbocycles. The van der Waals surface area contributed by atoms with Crippen LogP contribution in [0, 0.1) is 6.92 Å². The Hall–Kier alpha value is -0.230. The second-order valence-electron chi connectivity index (χ2n) is 4.00. The van der Waals surface area contributed by atoms with E-state index in [0.717, 1.165) is 11.3 Å². The van der Waals surface area contributed by atoms with E-state index in [1.165, 1.54) is 10.4 Å². The van der Waals surface area contributed by atoms with Crippen molar-refractivity contribution in [2.45, 2.75) is 24.1 Å². The van der Waals surface area contributed by atoms with Gasteiger partial charge in [-0.15, -0.1) is 11.8 Å². The Balaban J connectivity index is 2.48. The maximum Gasteiger partial charge on any atom is 0.244 e. The summed E-state index contributed by atoms with van der Waals surface area (Å²) in [5.74, 6) is 0.847. The van der Waals surface area contributed by atoms with Crippen molar-refractivity contribution in [1.82, 2.24) is 4.31 Å². The summed E-state index contributed by atoms with van der Waals surface area (Å²) in [6, 6.07) is 4.98. The van der Waals surface area contributed by atoms with Crippen LogP contribution in [0.25, 0.3) is 0 Å². The maximum absolute atomic E-state index is 12.5. The molecule has 3 nitrogen and oxygen atoms in total. The van der Waals surface area contributed by atoms with E-state index in [-0.39, 0.29) is 5.37 Å². The lowest BCUT2D eigenvalue weighted by Gasteiger charge is -2.21. The Bertz CT molecular complexity index is 530. The van der Waals surface area contributed by atoms with E-state index in [1.807, 2.05) is 6.92 Å². The molecule has 6 heteroatoms. The second-order valence-corrected chi connectivity index (χ2v) is 7.71. The van der Waals surface area contributed by atoms with Gasteiger partial charge in [0.2, 0.25) is 10.0 Å². The first kappa shape index (κ1) is 13.2. The van der Waals surface area contributed by atoms with Crippen molar-refractivity contribution in [3.63, 3.8) is 0 Å². The summed E-state index contributed by atoms with van der Waals surface area (Å²) >= 11 is 7.53. The van der Waals surface area contributed by atoms with Gasteiger partial charge in [-0.05, 0) is 31.5 Å². The molecule has 1 fully saturated rings. The van der Waals surface area contributed by atoms with Crippen LogP contribution in [-0.4, -0.2) is 30.4 Å². The highest BCUT2D eigenvalue weighted by molar-refractivity contribution is 8.01. The van der Waals surface area contributed by atoms with Crippen LogP contribution in [0.2, 0.25) is 5.02 Å². The fourth-order valence-corrected chi connectivity index (χ4v) is 5.39. The van der Waals surface area contributed by atoms with Crippen molar-refractivity contribution in [1.29, 1.82) is 0 Å². The van der Waals surface area contributed by atoms with E-state index in [2.05, 4.69) is 0 Å². The Labute approximate surface area is 111 Å². The summed E-state index contributed by atoms with van der Waals surface area (Å²) in [5.41, 5.74) is 0.735. The number of aryl methyl sites for hydroxylation is 1. The minimum Gasteiger partial charge on any atom is -0.207 e. The van der Waals surface area contributed by atoms with E-state index in [1.54, 1.807) is 30.8 Å². The van der Waals surface area contributed by atoms with Crippen molar-refractivity contribution in [2.75, 3.05) is 12.3 Å². The predicted octanol–water partition coefficient (Wildman–Crippen LogP) is 2.73. The summed E-state index contributed by atoms with van der Waals surface area (Å²) in [4.78, 5) is 0.319. The van der Waals surface area contributed by atoms with E-state index in [4.69, 9.17) is 11.6 Å². The standard InChI is InChI=1S/C11H14ClNO2S2/c1-8-3-4-10(12)7-11(8)17(14,15)13-5-6-16-9(13)2/h3-4,7,9H,5-6H2,1-2H3. The van der Waals surface area contributed by atoms with Crippen LogP contribution in [0.4, 0.5) is 0 Å². The third-order valence-electron chi connectivity index (χ3n) is 2.81. The molecular weight excluding hydrogens is 278 g/mol. The van der Waals surface area contributed by atoms with E-state index in [9.17, 15) is 8.42 Å². The maximum atomic E-state index is 12.5. The molecule has 0 radical (unpaired) electrons. The van der Waals surface area contributed by atoms with Crippen LogP contribution in [0.15, 0.2) is 23.1 Å². The lowest BCUT2D eigenvalue weighted by molar-refractivity contribution is 0.441. The Morgan fingerprint density at radius 2 is 2.18 bits per heavy atom. The van der Waals surface area contributed by atoms with Crippen molar-refractivity contribution in [2.24, 2.45) is 0 Å². The Morgan fingerprint density at radius 3 is 2.76 bits per heavy atom. The quantitative estimate of drug-likeness (QED) is 0.841. The van der Waals surface area contributed by atoms with Crippen molar-refractivity contribution in [3.05, 3.63) is 28.8 Å². The molecule has 1 atom stereocenters. The van der Waals surface area contributed by atoms with Gasteiger partial charge in [-0.3, -0.25) is 0 Å². The molecule has 1 aromatic rings. The minimum atomic E-state index is -3.41. The molecule has 94 valence electrons. The van der Waals surface area contributed by atoms with Gasteiger partial charge < -0.3 is 0 Å². The van der Waals surface area contributed by atoms with Crippen molar-refractivity contribution >= 4 is 33.4 Å². The van der Waals surface area contributed by atoms with Gasteiger partial charge in [-0.2, -0.15) is 4.31 Å². The molecule has 0 bridgehead atoms. The number of nitrogens with zero attached hydrogens (tertiary/aromatic N) is 1. The number of benzene rings is 1. The number of hydrogen-bond donors (Lipinski definition) is 0. The molecule has 0 spiro atoms. The van der Waals surface area contributed by atoms with Gasteiger partial charge in [-0.1, -0.05) is 17.7 Å². The molecular formula is C11H14ClNO2S2. The summed E-state index contributed by atoms with van der Waals surface area (Å²) in [6.07, 6.45) is 0. The van der Waals surface area contributed by atoms with Gasteiger partial charge >= 0.3 is 0 Å². The van der Waals surface area contributed by atoms with Gasteiger partial charge in [0.15, 0.2) is 0 Å². The first-order valence-corrected chi connectivity index (χ1v) is 8.19. The zero-order chi connectivity index (χ0) is 12.6. The number of hydrogen-bond acceptors (Lipinski definition) is 3. The van der Waals surface area contributed by atoms with Crippen molar-refractivity contribution in [3.8, 4) is 0 Å². The van der Waals surface area contributed by atoms with E-state index >= 15 is 0 Å². The van der Waals surface area contributed by atoms with Crippen LogP contribution < -0.4 is 0 Å². The van der Waals surface area contributed by atoms with Crippen LogP contribution in [0.5, 0.6) is 0 Å². The molecule has 1 unspecified atom stereocenters. The third-order valence-corrected chi connectivity index (χ3v) is 6.45. The molecule has 0 aromatic heterocycles. The van der Waals surface area contributed by atoms with Gasteiger partial charge in [0.1, 0.15) is 0 Å². The largest absolute Gasteiger partial charge is 0.244 e. The van der Waals surface area contributed by atoms with E-state index in [0.29, 0.717) is 16.5 Å². The van der Waals surface area contributed by atoms with Crippen molar-refractivity contribution < 1.29 is 8.42 Å². The SMILES string of the molecule is Cc1ccc(Cl)cc1S(=O)(=O)N1CCSC1C. The smallest absolute Gasteiger partial charge is 0.207 e. The van der Waals surface area contributed by atoms with Crippen LogP contribution in [0.1, 0.15) is 12.5 Å². The second kappa shape index (κ2) is 4.80. The number of halogens is 1. The zero-order valence-electron chi connectivity index (χ0n) is 9.68. The van der Waals surface area contributed by atoms with Gasteiger partial charge in [0.25, 0.3) is 0 Å². The lowest BCUT2D eigenvalue weighted by atomic mass is 10.2. The molecule has 2 rings (SSSR count). The normalized spacial score (nSPS) is 21.9. The minimum absolute atomic E-state index is 0.00150. The number of sulfonamides is 1. The number of rotatable bonds is 2. The fourth-order valence-electron chi connectivity index (χ4n) is 1.87. The topological polar surface area (TPSA) is 37.4 Å². The summed E-state index contributed by atoms with van der Waals surface area (Å²) in [5, 5.41) is 0.451. The molecule has 1 heterocycles. The highest BCUT2D eigenvalue weighted by Crippen LogP contribution is 2.31. The van der Waals surface area contributed by atoms with Gasteiger partial charge in [-0.25, -0.2) is 8.42 Å². The summed E-state index contributed by atoms with van der Waals surface area (Å²) in [6.45, 7) is 4.27. The van der Waals surface area contributed by atoms with Gasteiger partial charge in [0.05, 0.1) is 10.3 Å².